The summed E-state index contributed by atoms with van der Waals surface area (Å²) >= 11 is 0. The van der Waals surface area contributed by atoms with Crippen molar-refractivity contribution < 1.29 is 9.59 Å². The fourth-order valence-electron chi connectivity index (χ4n) is 4.11. The third kappa shape index (κ3) is 4.33. The van der Waals surface area contributed by atoms with Crippen molar-refractivity contribution in [2.75, 3.05) is 23.3 Å². The van der Waals surface area contributed by atoms with Gasteiger partial charge in [-0.3, -0.25) is 9.59 Å². The summed E-state index contributed by atoms with van der Waals surface area (Å²) < 4.78 is 0. The monoisotopic (exact) mass is 365 g/mol. The van der Waals surface area contributed by atoms with Gasteiger partial charge in [0.05, 0.1) is 0 Å². The lowest BCUT2D eigenvalue weighted by atomic mass is 9.71. The third-order valence-corrected chi connectivity index (χ3v) is 5.52. The molecular weight excluding hydrogens is 338 g/mol. The van der Waals surface area contributed by atoms with Crippen LogP contribution in [-0.2, 0) is 16.0 Å². The van der Waals surface area contributed by atoms with Gasteiger partial charge in [-0.1, -0.05) is 19.3 Å². The Bertz CT molecular complexity index is 642. The lowest BCUT2D eigenvalue weighted by molar-refractivity contribution is -0.119. The normalized spacial score (nSPS) is 18.2. The van der Waals surface area contributed by atoms with Gasteiger partial charge in [-0.15, -0.1) is 12.4 Å². The summed E-state index contributed by atoms with van der Waals surface area (Å²) in [5.41, 5.74) is 8.85. The summed E-state index contributed by atoms with van der Waals surface area (Å²) in [5, 5.41) is 3.02. The number of nitrogens with zero attached hydrogens (tertiary/aromatic N) is 1. The van der Waals surface area contributed by atoms with E-state index in [9.17, 15) is 9.59 Å². The molecule has 1 aromatic rings. The van der Waals surface area contributed by atoms with Crippen molar-refractivity contribution >= 4 is 35.6 Å². The highest BCUT2D eigenvalue weighted by Gasteiger charge is 2.33. The third-order valence-electron chi connectivity index (χ3n) is 5.52. The van der Waals surface area contributed by atoms with Gasteiger partial charge >= 0.3 is 0 Å². The standard InChI is InChI=1S/C19H27N3O2.ClH/c1-14(23)22-10-7-15-11-16(5-6-17(15)22)21-18(24)12-19(13-20)8-3-2-4-9-19;/h5-6,11H,2-4,7-10,12-13,20H2,1H3,(H,21,24);1H. The average molecular weight is 366 g/mol. The maximum absolute atomic E-state index is 12.5. The molecule has 25 heavy (non-hydrogen) atoms. The second-order valence-corrected chi connectivity index (χ2v) is 7.25. The number of nitrogens with one attached hydrogen (secondary N) is 1. The molecule has 0 atom stereocenters. The molecule has 0 radical (unpaired) electrons. The van der Waals surface area contributed by atoms with Crippen LogP contribution in [0.5, 0.6) is 0 Å². The largest absolute Gasteiger partial charge is 0.330 e. The Morgan fingerprint density at radius 2 is 1.96 bits per heavy atom. The van der Waals surface area contributed by atoms with E-state index in [2.05, 4.69) is 5.32 Å². The van der Waals surface area contributed by atoms with Crippen molar-refractivity contribution in [3.8, 4) is 0 Å². The summed E-state index contributed by atoms with van der Waals surface area (Å²) in [4.78, 5) is 25.9. The number of fused-ring (bicyclic) bond motifs is 1. The highest BCUT2D eigenvalue weighted by molar-refractivity contribution is 5.95. The van der Waals surface area contributed by atoms with E-state index in [4.69, 9.17) is 5.73 Å². The van der Waals surface area contributed by atoms with Crippen LogP contribution in [0.1, 0.15) is 51.0 Å². The minimum absolute atomic E-state index is 0. The predicted octanol–water partition coefficient (Wildman–Crippen LogP) is 3.26. The summed E-state index contributed by atoms with van der Waals surface area (Å²) in [5.74, 6) is 0.108. The van der Waals surface area contributed by atoms with E-state index < -0.39 is 0 Å². The molecule has 0 unspecified atom stereocenters. The Labute approximate surface area is 155 Å². The van der Waals surface area contributed by atoms with Gasteiger partial charge in [0.25, 0.3) is 0 Å². The second kappa shape index (κ2) is 8.19. The zero-order valence-electron chi connectivity index (χ0n) is 14.8. The Kier molecular flexibility index (Phi) is 6.47. The van der Waals surface area contributed by atoms with Crippen LogP contribution >= 0.6 is 12.4 Å². The van der Waals surface area contributed by atoms with Crippen molar-refractivity contribution in [1.29, 1.82) is 0 Å². The average Bonchev–Trinajstić information content (AvgIpc) is 2.99. The first kappa shape index (κ1) is 19.7. The van der Waals surface area contributed by atoms with E-state index in [1.165, 1.54) is 19.3 Å². The molecule has 1 aliphatic carbocycles. The topological polar surface area (TPSA) is 75.4 Å². The lowest BCUT2D eigenvalue weighted by Gasteiger charge is -2.35. The van der Waals surface area contributed by atoms with Crippen LogP contribution in [0.3, 0.4) is 0 Å². The van der Waals surface area contributed by atoms with Gasteiger partial charge in [-0.2, -0.15) is 0 Å². The summed E-state index contributed by atoms with van der Waals surface area (Å²) in [6.07, 6.45) is 7.03. The molecule has 6 heteroatoms. The highest BCUT2D eigenvalue weighted by Crippen LogP contribution is 2.38. The van der Waals surface area contributed by atoms with Crippen molar-refractivity contribution in [2.45, 2.75) is 51.9 Å². The van der Waals surface area contributed by atoms with Crippen molar-refractivity contribution in [3.05, 3.63) is 23.8 Å². The van der Waals surface area contributed by atoms with Crippen LogP contribution in [0.2, 0.25) is 0 Å². The van der Waals surface area contributed by atoms with Crippen molar-refractivity contribution in [3.63, 3.8) is 0 Å². The molecule has 2 aliphatic rings. The summed E-state index contributed by atoms with van der Waals surface area (Å²) in [6, 6.07) is 5.80. The first-order valence-corrected chi connectivity index (χ1v) is 8.94. The molecule has 1 saturated carbocycles. The number of rotatable bonds is 4. The number of carbonyl (C=O) groups excluding carboxylic acids is 2. The SMILES string of the molecule is CC(=O)N1CCc2cc(NC(=O)CC3(CN)CCCCC3)ccc21.Cl. The second-order valence-electron chi connectivity index (χ2n) is 7.25. The minimum Gasteiger partial charge on any atom is -0.330 e. The summed E-state index contributed by atoms with van der Waals surface area (Å²) in [7, 11) is 0. The van der Waals surface area contributed by atoms with Gasteiger partial charge < -0.3 is 16.0 Å². The molecule has 138 valence electrons. The molecule has 1 aromatic carbocycles. The van der Waals surface area contributed by atoms with Crippen LogP contribution in [0.25, 0.3) is 0 Å². The Morgan fingerprint density at radius 3 is 2.60 bits per heavy atom. The number of carbonyl (C=O) groups is 2. The molecule has 3 rings (SSSR count). The Morgan fingerprint density at radius 1 is 1.24 bits per heavy atom. The van der Waals surface area contributed by atoms with Gasteiger partial charge in [-0.25, -0.2) is 0 Å². The molecule has 2 amide bonds. The van der Waals surface area contributed by atoms with E-state index >= 15 is 0 Å². The molecular formula is C19H28ClN3O2. The molecule has 0 aromatic heterocycles. The molecule has 1 heterocycles. The van der Waals surface area contributed by atoms with Gasteiger partial charge in [0.15, 0.2) is 0 Å². The number of anilines is 2. The Balaban J connectivity index is 0.00000225. The molecule has 0 bridgehead atoms. The maximum Gasteiger partial charge on any atom is 0.224 e. The quantitative estimate of drug-likeness (QED) is 0.859. The smallest absolute Gasteiger partial charge is 0.224 e. The van der Waals surface area contributed by atoms with Gasteiger partial charge in [-0.05, 0) is 55.0 Å². The van der Waals surface area contributed by atoms with Crippen LogP contribution in [0.15, 0.2) is 18.2 Å². The van der Waals surface area contributed by atoms with E-state index in [1.54, 1.807) is 11.8 Å². The zero-order valence-corrected chi connectivity index (χ0v) is 15.7. The fourth-order valence-corrected chi connectivity index (χ4v) is 4.11. The molecule has 0 saturated heterocycles. The highest BCUT2D eigenvalue weighted by atomic mass is 35.5. The van der Waals surface area contributed by atoms with Gasteiger partial charge in [0, 0.05) is 31.3 Å². The molecule has 3 N–H and O–H groups in total. The number of halogens is 1. The lowest BCUT2D eigenvalue weighted by Crippen LogP contribution is -2.36. The van der Waals surface area contributed by atoms with Crippen LogP contribution in [-0.4, -0.2) is 24.9 Å². The minimum atomic E-state index is -0.0233. The van der Waals surface area contributed by atoms with Crippen LogP contribution in [0, 0.1) is 5.41 Å². The number of hydrogen-bond donors (Lipinski definition) is 2. The van der Waals surface area contributed by atoms with Crippen molar-refractivity contribution in [2.24, 2.45) is 11.1 Å². The molecule has 0 spiro atoms. The van der Waals surface area contributed by atoms with E-state index in [1.807, 2.05) is 18.2 Å². The maximum atomic E-state index is 12.5. The van der Waals surface area contributed by atoms with Crippen LogP contribution < -0.4 is 16.0 Å². The van der Waals surface area contributed by atoms with Crippen LogP contribution in [0.4, 0.5) is 11.4 Å². The molecule has 1 aliphatic heterocycles. The number of amides is 2. The number of hydrogen-bond acceptors (Lipinski definition) is 3. The van der Waals surface area contributed by atoms with Gasteiger partial charge in [0.2, 0.25) is 11.8 Å². The molecule has 1 fully saturated rings. The first-order valence-electron chi connectivity index (χ1n) is 8.94. The summed E-state index contributed by atoms with van der Waals surface area (Å²) in [6.45, 7) is 2.89. The number of nitrogens with two attached hydrogens (primary N) is 1. The van der Waals surface area contributed by atoms with E-state index in [0.717, 1.165) is 42.7 Å². The van der Waals surface area contributed by atoms with Gasteiger partial charge in [0.1, 0.15) is 0 Å². The Hall–Kier alpha value is -1.59. The van der Waals surface area contributed by atoms with E-state index in [0.29, 0.717) is 13.0 Å². The first-order chi connectivity index (χ1) is 11.5. The fraction of sp³-hybridized carbons (Fsp3) is 0.579. The van der Waals surface area contributed by atoms with Crippen molar-refractivity contribution in [1.82, 2.24) is 0 Å². The predicted molar refractivity (Wildman–Crippen MR) is 103 cm³/mol. The van der Waals surface area contributed by atoms with E-state index in [-0.39, 0.29) is 29.6 Å². The number of benzene rings is 1. The zero-order chi connectivity index (χ0) is 17.2. The molecule has 5 nitrogen and oxygen atoms in total.